The van der Waals surface area contributed by atoms with Crippen LogP contribution in [-0.2, 0) is 14.8 Å². The van der Waals surface area contributed by atoms with Crippen molar-refractivity contribution < 1.29 is 22.7 Å². The first-order valence-corrected chi connectivity index (χ1v) is 9.99. The summed E-state index contributed by atoms with van der Waals surface area (Å²) in [5.74, 6) is -0.0904. The highest BCUT2D eigenvalue weighted by Crippen LogP contribution is 2.26. The van der Waals surface area contributed by atoms with Crippen LogP contribution in [-0.4, -0.2) is 84.1 Å². The second-order valence-electron chi connectivity index (χ2n) is 6.22. The SMILES string of the molecule is COc1ccc(C(=O)NCCCN2CCOCC2)cc1S(=O)(=O)N(C)C. The summed E-state index contributed by atoms with van der Waals surface area (Å²) in [6.45, 7) is 4.75. The zero-order valence-corrected chi connectivity index (χ0v) is 16.3. The highest BCUT2D eigenvalue weighted by Gasteiger charge is 2.23. The minimum Gasteiger partial charge on any atom is -0.495 e. The lowest BCUT2D eigenvalue weighted by Crippen LogP contribution is -2.38. The van der Waals surface area contributed by atoms with Gasteiger partial charge in [0.25, 0.3) is 5.91 Å². The minimum absolute atomic E-state index is 0.0223. The molecule has 0 unspecified atom stereocenters. The molecule has 1 aromatic rings. The van der Waals surface area contributed by atoms with E-state index in [1.807, 2.05) is 0 Å². The highest BCUT2D eigenvalue weighted by atomic mass is 32.2. The number of nitrogens with zero attached hydrogens (tertiary/aromatic N) is 2. The molecule has 1 aromatic carbocycles. The Morgan fingerprint density at radius 3 is 2.62 bits per heavy atom. The summed E-state index contributed by atoms with van der Waals surface area (Å²) in [6.07, 6.45) is 0.824. The fourth-order valence-corrected chi connectivity index (χ4v) is 3.72. The molecule has 8 nitrogen and oxygen atoms in total. The predicted octanol–water partition coefficient (Wildman–Crippen LogP) is 0.398. The number of ether oxygens (including phenoxy) is 2. The van der Waals surface area contributed by atoms with E-state index >= 15 is 0 Å². The Morgan fingerprint density at radius 2 is 2.00 bits per heavy atom. The fourth-order valence-electron chi connectivity index (χ4n) is 2.65. The van der Waals surface area contributed by atoms with Crippen molar-refractivity contribution in [3.8, 4) is 5.75 Å². The van der Waals surface area contributed by atoms with Crippen LogP contribution in [0.2, 0.25) is 0 Å². The van der Waals surface area contributed by atoms with Crippen molar-refractivity contribution in [1.82, 2.24) is 14.5 Å². The summed E-state index contributed by atoms with van der Waals surface area (Å²) in [5.41, 5.74) is 0.289. The topological polar surface area (TPSA) is 88.2 Å². The molecule has 0 bridgehead atoms. The number of carbonyl (C=O) groups excluding carboxylic acids is 1. The number of hydrogen-bond donors (Lipinski definition) is 1. The van der Waals surface area contributed by atoms with E-state index in [-0.39, 0.29) is 22.1 Å². The minimum atomic E-state index is -3.71. The van der Waals surface area contributed by atoms with Gasteiger partial charge >= 0.3 is 0 Å². The number of hydrogen-bond acceptors (Lipinski definition) is 6. The van der Waals surface area contributed by atoms with Crippen LogP contribution in [0.15, 0.2) is 23.1 Å². The normalized spacial score (nSPS) is 15.8. The molecule has 0 spiro atoms. The summed E-state index contributed by atoms with van der Waals surface area (Å²) in [5, 5.41) is 2.84. The first kappa shape index (κ1) is 20.6. The standard InChI is InChI=1S/C17H27N3O5S/c1-19(2)26(22,23)16-13-14(5-6-15(16)24-3)17(21)18-7-4-8-20-9-11-25-12-10-20/h5-6,13H,4,7-12H2,1-3H3,(H,18,21). The van der Waals surface area contributed by atoms with Crippen molar-refractivity contribution in [2.24, 2.45) is 0 Å². The van der Waals surface area contributed by atoms with Crippen LogP contribution in [0.25, 0.3) is 0 Å². The smallest absolute Gasteiger partial charge is 0.251 e. The fraction of sp³-hybridized carbons (Fsp3) is 0.588. The lowest BCUT2D eigenvalue weighted by atomic mass is 10.2. The van der Waals surface area contributed by atoms with Crippen molar-refractivity contribution in [3.05, 3.63) is 23.8 Å². The number of morpholine rings is 1. The van der Waals surface area contributed by atoms with Crippen molar-refractivity contribution >= 4 is 15.9 Å². The Balaban J connectivity index is 1.98. The van der Waals surface area contributed by atoms with E-state index in [0.29, 0.717) is 6.54 Å². The van der Waals surface area contributed by atoms with Gasteiger partial charge in [0.2, 0.25) is 10.0 Å². The number of rotatable bonds is 8. The molecule has 1 saturated heterocycles. The van der Waals surface area contributed by atoms with Gasteiger partial charge in [0.1, 0.15) is 10.6 Å². The van der Waals surface area contributed by atoms with E-state index in [1.165, 1.54) is 33.3 Å². The van der Waals surface area contributed by atoms with Crippen LogP contribution in [0, 0.1) is 0 Å². The van der Waals surface area contributed by atoms with Crippen molar-refractivity contribution in [3.63, 3.8) is 0 Å². The molecule has 26 heavy (non-hydrogen) atoms. The zero-order valence-electron chi connectivity index (χ0n) is 15.5. The van der Waals surface area contributed by atoms with Gasteiger partial charge in [0, 0.05) is 39.3 Å². The Morgan fingerprint density at radius 1 is 1.31 bits per heavy atom. The Bertz CT molecular complexity index is 715. The first-order valence-electron chi connectivity index (χ1n) is 8.55. The van der Waals surface area contributed by atoms with Crippen LogP contribution in [0.5, 0.6) is 5.75 Å². The number of benzene rings is 1. The molecule has 0 atom stereocenters. The average Bonchev–Trinajstić information content (AvgIpc) is 2.65. The second kappa shape index (κ2) is 9.31. The van der Waals surface area contributed by atoms with Gasteiger partial charge < -0.3 is 14.8 Å². The van der Waals surface area contributed by atoms with Gasteiger partial charge in [-0.2, -0.15) is 0 Å². The summed E-state index contributed by atoms with van der Waals surface area (Å²) in [6, 6.07) is 4.41. The van der Waals surface area contributed by atoms with Gasteiger partial charge in [-0.25, -0.2) is 12.7 Å². The third-order valence-corrected chi connectivity index (χ3v) is 6.06. The van der Waals surface area contributed by atoms with Crippen LogP contribution in [0.3, 0.4) is 0 Å². The lowest BCUT2D eigenvalue weighted by molar-refractivity contribution is 0.0374. The third-order valence-electron chi connectivity index (χ3n) is 4.22. The summed E-state index contributed by atoms with van der Waals surface area (Å²) >= 11 is 0. The maximum Gasteiger partial charge on any atom is 0.251 e. The molecule has 9 heteroatoms. The highest BCUT2D eigenvalue weighted by molar-refractivity contribution is 7.89. The number of sulfonamides is 1. The van der Waals surface area contributed by atoms with Crippen molar-refractivity contribution in [2.75, 3.05) is 60.6 Å². The average molecular weight is 385 g/mol. The lowest BCUT2D eigenvalue weighted by Gasteiger charge is -2.26. The van der Waals surface area contributed by atoms with E-state index in [0.717, 1.165) is 43.6 Å². The Hall–Kier alpha value is -1.68. The molecule has 1 heterocycles. The first-order chi connectivity index (χ1) is 12.4. The Kier molecular flexibility index (Phi) is 7.39. The van der Waals surface area contributed by atoms with Crippen LogP contribution in [0.1, 0.15) is 16.8 Å². The van der Waals surface area contributed by atoms with Gasteiger partial charge in [0.05, 0.1) is 20.3 Å². The molecular formula is C17H27N3O5S. The van der Waals surface area contributed by atoms with Gasteiger partial charge in [-0.3, -0.25) is 9.69 Å². The van der Waals surface area contributed by atoms with Crippen molar-refractivity contribution in [1.29, 1.82) is 0 Å². The summed E-state index contributed by atoms with van der Waals surface area (Å²) < 4.78 is 36.4. The van der Waals surface area contributed by atoms with E-state index in [9.17, 15) is 13.2 Å². The molecule has 0 aliphatic carbocycles. The van der Waals surface area contributed by atoms with E-state index in [2.05, 4.69) is 10.2 Å². The van der Waals surface area contributed by atoms with Crippen LogP contribution in [0.4, 0.5) is 0 Å². The maximum atomic E-state index is 12.4. The van der Waals surface area contributed by atoms with Gasteiger partial charge in [-0.1, -0.05) is 0 Å². The molecule has 146 valence electrons. The summed E-state index contributed by atoms with van der Waals surface area (Å²) in [7, 11) is 0.568. The monoisotopic (exact) mass is 385 g/mol. The predicted molar refractivity (Wildman–Crippen MR) is 98.1 cm³/mol. The van der Waals surface area contributed by atoms with E-state index in [1.54, 1.807) is 6.07 Å². The second-order valence-corrected chi connectivity index (χ2v) is 8.34. The van der Waals surface area contributed by atoms with Crippen LogP contribution < -0.4 is 10.1 Å². The third kappa shape index (κ3) is 5.16. The molecule has 0 radical (unpaired) electrons. The Labute approximate surface area is 155 Å². The van der Waals surface area contributed by atoms with E-state index < -0.39 is 10.0 Å². The van der Waals surface area contributed by atoms with E-state index in [4.69, 9.17) is 9.47 Å². The summed E-state index contributed by atoms with van der Waals surface area (Å²) in [4.78, 5) is 14.6. The number of amides is 1. The zero-order chi connectivity index (χ0) is 19.2. The molecule has 0 saturated carbocycles. The number of nitrogens with one attached hydrogen (secondary N) is 1. The molecule has 1 aliphatic heterocycles. The molecular weight excluding hydrogens is 358 g/mol. The molecule has 1 aliphatic rings. The van der Waals surface area contributed by atoms with Gasteiger partial charge in [-0.15, -0.1) is 0 Å². The van der Waals surface area contributed by atoms with Crippen LogP contribution >= 0.6 is 0 Å². The quantitative estimate of drug-likeness (QED) is 0.652. The molecule has 1 fully saturated rings. The molecule has 1 N–H and O–H groups in total. The van der Waals surface area contributed by atoms with Gasteiger partial charge in [0.15, 0.2) is 0 Å². The molecule has 0 aromatic heterocycles. The molecule has 2 rings (SSSR count). The van der Waals surface area contributed by atoms with Gasteiger partial charge in [-0.05, 0) is 31.2 Å². The molecule has 1 amide bonds. The number of carbonyl (C=O) groups is 1. The maximum absolute atomic E-state index is 12.4. The largest absolute Gasteiger partial charge is 0.495 e. The number of methoxy groups -OCH3 is 1. The van der Waals surface area contributed by atoms with Crippen molar-refractivity contribution in [2.45, 2.75) is 11.3 Å².